The fourth-order valence-corrected chi connectivity index (χ4v) is 2.44. The highest BCUT2D eigenvalue weighted by Crippen LogP contribution is 2.35. The molecule has 1 heterocycles. The molecule has 118 valence electrons. The van der Waals surface area contributed by atoms with Crippen molar-refractivity contribution in [1.82, 2.24) is 4.98 Å². The number of ether oxygens (including phenoxy) is 2. The van der Waals surface area contributed by atoms with Crippen LogP contribution in [0.5, 0.6) is 10.9 Å². The van der Waals surface area contributed by atoms with Crippen molar-refractivity contribution in [3.63, 3.8) is 0 Å². The second-order valence-electron chi connectivity index (χ2n) is 4.15. The SMILES string of the molecule is Cc1nc(OCc2cccc(C(F)(F)F)c2)c(OC(=O)Cl)s1. The van der Waals surface area contributed by atoms with Gasteiger partial charge in [0.05, 0.1) is 10.6 Å². The molecule has 0 unspecified atom stereocenters. The maximum Gasteiger partial charge on any atom is 0.416 e. The lowest BCUT2D eigenvalue weighted by atomic mass is 10.1. The molecule has 22 heavy (non-hydrogen) atoms. The van der Waals surface area contributed by atoms with Crippen LogP contribution in [0.25, 0.3) is 0 Å². The van der Waals surface area contributed by atoms with Crippen LogP contribution in [-0.4, -0.2) is 10.4 Å². The van der Waals surface area contributed by atoms with Crippen molar-refractivity contribution in [2.24, 2.45) is 0 Å². The molecule has 1 aromatic carbocycles. The lowest BCUT2D eigenvalue weighted by Gasteiger charge is -2.09. The summed E-state index contributed by atoms with van der Waals surface area (Å²) in [6.07, 6.45) is -4.42. The van der Waals surface area contributed by atoms with Gasteiger partial charge in [-0.05, 0) is 24.6 Å². The van der Waals surface area contributed by atoms with E-state index in [4.69, 9.17) is 21.1 Å². The number of hydrogen-bond donors (Lipinski definition) is 0. The summed E-state index contributed by atoms with van der Waals surface area (Å²) in [6.45, 7) is 1.51. The Morgan fingerprint density at radius 1 is 1.41 bits per heavy atom. The molecule has 0 N–H and O–H groups in total. The molecule has 9 heteroatoms. The van der Waals surface area contributed by atoms with E-state index in [0.29, 0.717) is 10.6 Å². The van der Waals surface area contributed by atoms with Crippen molar-refractivity contribution in [3.05, 3.63) is 40.4 Å². The summed E-state index contributed by atoms with van der Waals surface area (Å²) in [4.78, 5) is 14.7. The number of thiazole rings is 1. The number of carbonyl (C=O) groups excluding carboxylic acids is 1. The van der Waals surface area contributed by atoms with E-state index < -0.39 is 17.2 Å². The Hall–Kier alpha value is -1.80. The van der Waals surface area contributed by atoms with E-state index in [9.17, 15) is 18.0 Å². The molecule has 0 saturated carbocycles. The standard InChI is InChI=1S/C13H9ClF3NO3S/c1-7-18-10(11(22-7)21-12(14)19)20-6-8-3-2-4-9(5-8)13(15,16)17/h2-5H,6H2,1H3. The number of nitrogens with zero attached hydrogens (tertiary/aromatic N) is 1. The quantitative estimate of drug-likeness (QED) is 0.743. The van der Waals surface area contributed by atoms with E-state index in [-0.39, 0.29) is 17.6 Å². The topological polar surface area (TPSA) is 48.4 Å². The number of aryl methyl sites for hydroxylation is 1. The first kappa shape index (κ1) is 16.6. The van der Waals surface area contributed by atoms with Crippen LogP contribution < -0.4 is 9.47 Å². The van der Waals surface area contributed by atoms with Gasteiger partial charge in [-0.15, -0.1) is 0 Å². The molecule has 2 rings (SSSR count). The summed E-state index contributed by atoms with van der Waals surface area (Å²) >= 11 is 6.16. The first-order valence-corrected chi connectivity index (χ1v) is 7.09. The summed E-state index contributed by atoms with van der Waals surface area (Å²) in [5.74, 6) is 0.00825. The minimum atomic E-state index is -4.42. The van der Waals surface area contributed by atoms with Gasteiger partial charge in [0.2, 0.25) is 5.06 Å². The summed E-state index contributed by atoms with van der Waals surface area (Å²) in [6, 6.07) is 4.72. The summed E-state index contributed by atoms with van der Waals surface area (Å²) < 4.78 is 47.9. The van der Waals surface area contributed by atoms with Gasteiger partial charge in [-0.25, -0.2) is 9.78 Å². The second kappa shape index (κ2) is 6.53. The summed E-state index contributed by atoms with van der Waals surface area (Å²) in [7, 11) is 0. The molecule has 2 aromatic rings. The van der Waals surface area contributed by atoms with E-state index in [0.717, 1.165) is 23.5 Å². The number of aromatic nitrogens is 1. The third kappa shape index (κ3) is 4.35. The molecular weight excluding hydrogens is 343 g/mol. The maximum atomic E-state index is 12.6. The van der Waals surface area contributed by atoms with Gasteiger partial charge in [-0.3, -0.25) is 0 Å². The van der Waals surface area contributed by atoms with Crippen LogP contribution in [0.3, 0.4) is 0 Å². The number of benzene rings is 1. The molecule has 1 aromatic heterocycles. The Balaban J connectivity index is 2.12. The highest BCUT2D eigenvalue weighted by Gasteiger charge is 2.30. The molecular formula is C13H9ClF3NO3S. The lowest BCUT2D eigenvalue weighted by Crippen LogP contribution is -2.06. The van der Waals surface area contributed by atoms with Crippen LogP contribution in [0.1, 0.15) is 16.1 Å². The predicted molar refractivity (Wildman–Crippen MR) is 74.5 cm³/mol. The molecule has 0 fully saturated rings. The smallest absolute Gasteiger partial charge is 0.416 e. The van der Waals surface area contributed by atoms with Gasteiger partial charge in [-0.1, -0.05) is 23.5 Å². The lowest BCUT2D eigenvalue weighted by molar-refractivity contribution is -0.137. The minimum Gasteiger partial charge on any atom is -0.470 e. The van der Waals surface area contributed by atoms with Crippen LogP contribution in [0.15, 0.2) is 24.3 Å². The fourth-order valence-electron chi connectivity index (χ4n) is 1.61. The molecule has 0 radical (unpaired) electrons. The Morgan fingerprint density at radius 2 is 2.14 bits per heavy atom. The highest BCUT2D eigenvalue weighted by molar-refractivity contribution is 7.13. The van der Waals surface area contributed by atoms with Gasteiger partial charge < -0.3 is 9.47 Å². The van der Waals surface area contributed by atoms with Gasteiger partial charge in [0.25, 0.3) is 5.88 Å². The third-order valence-corrected chi connectivity index (χ3v) is 3.38. The first-order valence-electron chi connectivity index (χ1n) is 5.89. The normalized spacial score (nSPS) is 11.3. The van der Waals surface area contributed by atoms with E-state index in [2.05, 4.69) is 4.98 Å². The Kier molecular flexibility index (Phi) is 4.92. The van der Waals surface area contributed by atoms with Gasteiger partial charge in [0.15, 0.2) is 0 Å². The predicted octanol–water partition coefficient (Wildman–Crippen LogP) is 4.79. The van der Waals surface area contributed by atoms with E-state index in [1.165, 1.54) is 12.1 Å². The van der Waals surface area contributed by atoms with Crippen molar-refractivity contribution < 1.29 is 27.4 Å². The molecule has 0 aliphatic rings. The van der Waals surface area contributed by atoms with Crippen LogP contribution in [0, 0.1) is 6.92 Å². The molecule has 0 bridgehead atoms. The van der Waals surface area contributed by atoms with Gasteiger partial charge in [0.1, 0.15) is 6.61 Å². The fraction of sp³-hybridized carbons (Fsp3) is 0.231. The average Bonchev–Trinajstić information content (AvgIpc) is 2.75. The minimum absolute atomic E-state index is 0.00825. The second-order valence-corrected chi connectivity index (χ2v) is 5.63. The monoisotopic (exact) mass is 351 g/mol. The zero-order valence-corrected chi connectivity index (χ0v) is 12.7. The molecule has 4 nitrogen and oxygen atoms in total. The molecule has 0 amide bonds. The van der Waals surface area contributed by atoms with Crippen molar-refractivity contribution >= 4 is 28.4 Å². The first-order chi connectivity index (χ1) is 10.3. The Bertz CT molecular complexity index is 687. The number of carbonyl (C=O) groups is 1. The van der Waals surface area contributed by atoms with Crippen molar-refractivity contribution in [3.8, 4) is 10.9 Å². The molecule has 0 spiro atoms. The number of alkyl halides is 3. The molecule has 0 atom stereocenters. The number of hydrogen-bond acceptors (Lipinski definition) is 5. The molecule has 0 aliphatic carbocycles. The zero-order valence-electron chi connectivity index (χ0n) is 11.1. The van der Waals surface area contributed by atoms with E-state index in [1.807, 2.05) is 0 Å². The third-order valence-electron chi connectivity index (χ3n) is 2.48. The molecule has 0 aliphatic heterocycles. The van der Waals surface area contributed by atoms with Gasteiger partial charge in [0, 0.05) is 11.6 Å². The van der Waals surface area contributed by atoms with Crippen molar-refractivity contribution in [2.75, 3.05) is 0 Å². The van der Waals surface area contributed by atoms with Gasteiger partial charge in [-0.2, -0.15) is 13.2 Å². The van der Waals surface area contributed by atoms with Crippen LogP contribution in [0.2, 0.25) is 0 Å². The van der Waals surface area contributed by atoms with Gasteiger partial charge >= 0.3 is 11.6 Å². The van der Waals surface area contributed by atoms with Crippen molar-refractivity contribution in [2.45, 2.75) is 19.7 Å². The number of rotatable bonds is 4. The van der Waals surface area contributed by atoms with E-state index in [1.54, 1.807) is 6.92 Å². The maximum absolute atomic E-state index is 12.6. The average molecular weight is 352 g/mol. The highest BCUT2D eigenvalue weighted by atomic mass is 35.5. The summed E-state index contributed by atoms with van der Waals surface area (Å²) in [5.41, 5.74) is -1.51. The molecule has 0 saturated heterocycles. The van der Waals surface area contributed by atoms with Crippen LogP contribution in [0.4, 0.5) is 18.0 Å². The van der Waals surface area contributed by atoms with Crippen molar-refractivity contribution in [1.29, 1.82) is 0 Å². The summed E-state index contributed by atoms with van der Waals surface area (Å²) in [5, 5.41) is 0.622. The Morgan fingerprint density at radius 3 is 2.77 bits per heavy atom. The van der Waals surface area contributed by atoms with Crippen LogP contribution in [-0.2, 0) is 12.8 Å². The van der Waals surface area contributed by atoms with E-state index >= 15 is 0 Å². The largest absolute Gasteiger partial charge is 0.470 e. The zero-order chi connectivity index (χ0) is 16.3. The van der Waals surface area contributed by atoms with Crippen LogP contribution >= 0.6 is 22.9 Å². The number of halogens is 4. The Labute approximate surface area is 132 Å².